The number of aliphatic hydroxyl groups is 1. The summed E-state index contributed by atoms with van der Waals surface area (Å²) in [4.78, 5) is 65.8. The average molecular weight is 754 g/mol. The number of phosphoric acid groups is 1. The molecule has 0 aromatic carbocycles. The van der Waals surface area contributed by atoms with E-state index in [-0.39, 0.29) is 30.3 Å². The molecule has 2 aromatic rings. The Morgan fingerprint density at radius 2 is 1.63 bits per heavy atom. The number of ether oxygens (including phenoxy) is 2. The molecule has 0 spiro atoms. The lowest BCUT2D eigenvalue weighted by Crippen LogP contribution is -2.33. The Labute approximate surface area is 303 Å². The number of carbonyl (C=O) groups is 1. The second-order valence-electron chi connectivity index (χ2n) is 13.8. The fraction of sp³-hybridized carbons (Fsp3) is 0.743. The number of unbranched alkanes of at least 4 members (excludes halogenated alkanes) is 12. The van der Waals surface area contributed by atoms with Crippen molar-refractivity contribution in [2.45, 2.75) is 154 Å². The molecule has 1 unspecified atom stereocenters. The van der Waals surface area contributed by atoms with E-state index in [2.05, 4.69) is 22.2 Å². The van der Waals surface area contributed by atoms with E-state index in [1.165, 1.54) is 94.2 Å². The molecular formula is C35H56N5O11P. The lowest BCUT2D eigenvalue weighted by atomic mass is 10.0. The molecule has 2 saturated heterocycles. The molecule has 52 heavy (non-hydrogen) atoms. The molecule has 0 bridgehead atoms. The van der Waals surface area contributed by atoms with Crippen LogP contribution in [0.1, 0.15) is 134 Å². The number of aromatic nitrogens is 4. The first kappa shape index (κ1) is 41.8. The molecule has 0 aliphatic carbocycles. The Morgan fingerprint density at radius 3 is 2.27 bits per heavy atom. The third-order valence-electron chi connectivity index (χ3n) is 9.51. The van der Waals surface area contributed by atoms with Crippen molar-refractivity contribution in [2.75, 3.05) is 18.5 Å². The van der Waals surface area contributed by atoms with Crippen LogP contribution in [0.4, 0.5) is 5.82 Å². The number of anilines is 1. The summed E-state index contributed by atoms with van der Waals surface area (Å²) in [5.74, 6) is -0.0276. The maximum atomic E-state index is 12.8. The van der Waals surface area contributed by atoms with Crippen molar-refractivity contribution in [3.63, 3.8) is 0 Å². The van der Waals surface area contributed by atoms with Crippen LogP contribution < -0.4 is 22.3 Å². The molecule has 2 aromatic heterocycles. The molecule has 4 N–H and O–H groups in total. The first-order chi connectivity index (χ1) is 25.0. The lowest BCUT2D eigenvalue weighted by Gasteiger charge is -2.21. The van der Waals surface area contributed by atoms with E-state index in [0.717, 1.165) is 23.8 Å². The van der Waals surface area contributed by atoms with Gasteiger partial charge in [0.1, 0.15) is 30.5 Å². The van der Waals surface area contributed by atoms with Gasteiger partial charge in [0.15, 0.2) is 0 Å². The molecular weight excluding hydrogens is 697 g/mol. The lowest BCUT2D eigenvalue weighted by molar-refractivity contribution is -0.116. The summed E-state index contributed by atoms with van der Waals surface area (Å²) in [7, 11) is -4.67. The Morgan fingerprint density at radius 1 is 0.981 bits per heavy atom. The average Bonchev–Trinajstić information content (AvgIpc) is 3.74. The van der Waals surface area contributed by atoms with Crippen LogP contribution in [0, 0.1) is 6.92 Å². The highest BCUT2D eigenvalue weighted by molar-refractivity contribution is 7.47. The SMILES string of the molecule is CCCCCCCCCCCCCCCC(=O)Nc1ccn([C@H]2CC[C@@H](COP(=O)(O)O[C@H]3C[C@H](n4cc(C)c(=O)[nH]c4=O)O[C@@H]3CO)O2)c(=O)n1. The van der Waals surface area contributed by atoms with E-state index in [9.17, 15) is 33.7 Å². The molecule has 2 fully saturated rings. The number of nitrogens with one attached hydrogen (secondary N) is 2. The number of phosphoric ester groups is 1. The molecule has 2 aliphatic rings. The Balaban J connectivity index is 1.13. The quantitative estimate of drug-likeness (QED) is 0.0874. The molecule has 1 amide bonds. The normalized spacial score (nSPS) is 22.8. The first-order valence-electron chi connectivity index (χ1n) is 18.8. The summed E-state index contributed by atoms with van der Waals surface area (Å²) in [6.45, 7) is 2.87. The molecule has 0 saturated carbocycles. The highest BCUT2D eigenvalue weighted by Gasteiger charge is 2.42. The van der Waals surface area contributed by atoms with Crippen molar-refractivity contribution in [3.8, 4) is 0 Å². The third-order valence-corrected chi connectivity index (χ3v) is 10.5. The number of amides is 1. The number of H-pyrrole nitrogens is 1. The standard InChI is InChI=1S/C35H56N5O11P/c1-3-4-5-6-7-8-9-10-11-12-13-14-15-16-30(42)36-29-19-20-39(34(44)37-29)31-18-17-26(49-31)24-48-52(46,47)51-27-21-32(50-28(27)23-41)40-22-25(2)33(43)38-35(40)45/h19-20,22,26-28,31-32,41H,3-18,21,23-24H2,1-2H3,(H,46,47)(H,38,43,45)(H,36,37,42,44)/t26-,27-,28+,31+,32+/m0/s1. The van der Waals surface area contributed by atoms with Crippen LogP contribution in [-0.4, -0.2) is 66.5 Å². The van der Waals surface area contributed by atoms with Crippen LogP contribution in [0.15, 0.2) is 32.8 Å². The van der Waals surface area contributed by atoms with Gasteiger partial charge in [-0.15, -0.1) is 0 Å². The monoisotopic (exact) mass is 753 g/mol. The van der Waals surface area contributed by atoms with E-state index < -0.39 is 62.1 Å². The van der Waals surface area contributed by atoms with Crippen molar-refractivity contribution < 1.29 is 37.9 Å². The van der Waals surface area contributed by atoms with Gasteiger partial charge in [0.05, 0.1) is 19.3 Å². The Hall–Kier alpha value is -2.98. The van der Waals surface area contributed by atoms with Gasteiger partial charge < -0.3 is 24.8 Å². The van der Waals surface area contributed by atoms with E-state index in [1.807, 2.05) is 0 Å². The molecule has 17 heteroatoms. The summed E-state index contributed by atoms with van der Waals surface area (Å²) >= 11 is 0. The Kier molecular flexibility index (Phi) is 16.9. The summed E-state index contributed by atoms with van der Waals surface area (Å²) in [6, 6.07) is 1.53. The summed E-state index contributed by atoms with van der Waals surface area (Å²) in [5.41, 5.74) is -1.63. The van der Waals surface area contributed by atoms with Gasteiger partial charge in [-0.05, 0) is 32.3 Å². The predicted molar refractivity (Wildman–Crippen MR) is 193 cm³/mol. The second kappa shape index (κ2) is 21.0. The molecule has 6 atom stereocenters. The van der Waals surface area contributed by atoms with Crippen molar-refractivity contribution >= 4 is 19.5 Å². The van der Waals surface area contributed by atoms with Crippen LogP contribution in [-0.2, 0) is 27.9 Å². The van der Waals surface area contributed by atoms with Gasteiger partial charge in [-0.1, -0.05) is 84.0 Å². The summed E-state index contributed by atoms with van der Waals surface area (Å²) < 4.78 is 37.3. The molecule has 0 radical (unpaired) electrons. The number of carbonyl (C=O) groups excluding carboxylic acids is 1. The van der Waals surface area contributed by atoms with E-state index in [4.69, 9.17) is 18.5 Å². The molecule has 4 rings (SSSR count). The zero-order valence-corrected chi connectivity index (χ0v) is 31.3. The van der Waals surface area contributed by atoms with E-state index in [0.29, 0.717) is 19.3 Å². The van der Waals surface area contributed by atoms with Gasteiger partial charge >= 0.3 is 19.2 Å². The minimum Gasteiger partial charge on any atom is -0.394 e. The minimum absolute atomic E-state index is 0.0711. The molecule has 16 nitrogen and oxygen atoms in total. The van der Waals surface area contributed by atoms with Crippen LogP contribution >= 0.6 is 7.82 Å². The van der Waals surface area contributed by atoms with Crippen molar-refractivity contribution in [1.29, 1.82) is 0 Å². The number of hydrogen-bond donors (Lipinski definition) is 4. The number of aliphatic hydroxyl groups excluding tert-OH is 1. The van der Waals surface area contributed by atoms with Gasteiger partial charge in [-0.2, -0.15) is 4.98 Å². The van der Waals surface area contributed by atoms with E-state index in [1.54, 1.807) is 0 Å². The van der Waals surface area contributed by atoms with Gasteiger partial charge in [0, 0.05) is 30.8 Å². The van der Waals surface area contributed by atoms with Crippen molar-refractivity contribution in [3.05, 3.63) is 55.3 Å². The Bertz CT molecular complexity index is 1650. The number of rotatable bonds is 23. The van der Waals surface area contributed by atoms with Crippen molar-refractivity contribution in [2.24, 2.45) is 0 Å². The number of aromatic amines is 1. The van der Waals surface area contributed by atoms with Crippen molar-refractivity contribution in [1.82, 2.24) is 19.1 Å². The summed E-state index contributed by atoms with van der Waals surface area (Å²) in [5, 5.41) is 12.5. The van der Waals surface area contributed by atoms with E-state index >= 15 is 0 Å². The van der Waals surface area contributed by atoms with Gasteiger partial charge in [-0.3, -0.25) is 32.8 Å². The minimum atomic E-state index is -4.67. The summed E-state index contributed by atoms with van der Waals surface area (Å²) in [6.07, 6.45) is 15.4. The molecule has 292 valence electrons. The molecule has 4 heterocycles. The third kappa shape index (κ3) is 13.2. The van der Waals surface area contributed by atoms with Gasteiger partial charge in [0.25, 0.3) is 5.56 Å². The zero-order valence-electron chi connectivity index (χ0n) is 30.4. The topological polar surface area (TPSA) is 213 Å². The highest BCUT2D eigenvalue weighted by Crippen LogP contribution is 2.49. The van der Waals surface area contributed by atoms with Crippen LogP contribution in [0.5, 0.6) is 0 Å². The number of nitrogens with zero attached hydrogens (tertiary/aromatic N) is 3. The zero-order chi connectivity index (χ0) is 37.5. The van der Waals surface area contributed by atoms with Gasteiger partial charge in [-0.25, -0.2) is 14.2 Å². The second-order valence-corrected chi connectivity index (χ2v) is 15.2. The fourth-order valence-corrected chi connectivity index (χ4v) is 7.53. The fourth-order valence-electron chi connectivity index (χ4n) is 6.55. The smallest absolute Gasteiger partial charge is 0.394 e. The largest absolute Gasteiger partial charge is 0.472 e. The maximum Gasteiger partial charge on any atom is 0.472 e. The van der Waals surface area contributed by atoms with Gasteiger partial charge in [0.2, 0.25) is 5.91 Å². The van der Waals surface area contributed by atoms with Crippen LogP contribution in [0.25, 0.3) is 0 Å². The highest BCUT2D eigenvalue weighted by atomic mass is 31.2. The number of aryl methyl sites for hydroxylation is 1. The van der Waals surface area contributed by atoms with Crippen LogP contribution in [0.2, 0.25) is 0 Å². The van der Waals surface area contributed by atoms with Crippen LogP contribution in [0.3, 0.4) is 0 Å². The maximum absolute atomic E-state index is 12.8. The predicted octanol–water partition coefficient (Wildman–Crippen LogP) is 4.98. The molecule has 2 aliphatic heterocycles. The first-order valence-corrected chi connectivity index (χ1v) is 20.3. The number of hydrogen-bond acceptors (Lipinski definition) is 11.